The smallest absolute Gasteiger partial charge is 0.160 e. The number of hydrogen-bond donors (Lipinski definition) is 3. The maximum atomic E-state index is 9.72. The number of aryl methyl sites for hydroxylation is 2. The van der Waals surface area contributed by atoms with Crippen LogP contribution in [0.15, 0.2) is 12.3 Å². The molecule has 2 aromatic rings. The van der Waals surface area contributed by atoms with Crippen LogP contribution in [0.1, 0.15) is 43.9 Å². The van der Waals surface area contributed by atoms with Crippen LogP contribution in [-0.4, -0.2) is 50.8 Å². The lowest BCUT2D eigenvalue weighted by Crippen LogP contribution is -2.47. The molecule has 3 aliphatic rings. The summed E-state index contributed by atoms with van der Waals surface area (Å²) in [4.78, 5) is 10.6. The van der Waals surface area contributed by atoms with Crippen LogP contribution >= 0.6 is 0 Å². The summed E-state index contributed by atoms with van der Waals surface area (Å²) in [6.45, 7) is 6.44. The van der Waals surface area contributed by atoms with Crippen molar-refractivity contribution in [2.24, 2.45) is 0 Å². The average Bonchev–Trinajstić information content (AvgIpc) is 3.25. The SMILES string of the molecule is CCn1nc(C)c2c(NC3CCOCC3)c(C3=CC4(CC(O)C4)ON3)cnc21. The molecule has 28 heavy (non-hydrogen) atoms. The Morgan fingerprint density at radius 2 is 2.14 bits per heavy atom. The van der Waals surface area contributed by atoms with E-state index in [0.29, 0.717) is 18.9 Å². The van der Waals surface area contributed by atoms with Gasteiger partial charge in [0.1, 0.15) is 5.60 Å². The molecule has 1 spiro atoms. The van der Waals surface area contributed by atoms with Gasteiger partial charge in [-0.2, -0.15) is 5.10 Å². The second kappa shape index (κ2) is 6.72. The molecule has 0 unspecified atom stereocenters. The fourth-order valence-corrected chi connectivity index (χ4v) is 4.49. The predicted octanol–water partition coefficient (Wildman–Crippen LogP) is 2.12. The largest absolute Gasteiger partial charge is 0.393 e. The lowest BCUT2D eigenvalue weighted by Gasteiger charge is -2.38. The molecule has 1 saturated carbocycles. The van der Waals surface area contributed by atoms with Gasteiger partial charge in [-0.1, -0.05) is 0 Å². The van der Waals surface area contributed by atoms with E-state index >= 15 is 0 Å². The number of ether oxygens (including phenoxy) is 1. The second-order valence-corrected chi connectivity index (χ2v) is 8.07. The van der Waals surface area contributed by atoms with E-state index in [1.165, 1.54) is 0 Å². The number of anilines is 1. The van der Waals surface area contributed by atoms with Gasteiger partial charge in [-0.05, 0) is 32.8 Å². The third-order valence-corrected chi connectivity index (χ3v) is 6.03. The highest BCUT2D eigenvalue weighted by Gasteiger charge is 2.47. The number of hydroxylamine groups is 1. The van der Waals surface area contributed by atoms with Crippen molar-refractivity contribution in [2.75, 3.05) is 18.5 Å². The quantitative estimate of drug-likeness (QED) is 0.742. The van der Waals surface area contributed by atoms with Gasteiger partial charge in [0.2, 0.25) is 0 Å². The number of rotatable bonds is 4. The summed E-state index contributed by atoms with van der Waals surface area (Å²) < 4.78 is 7.47. The van der Waals surface area contributed by atoms with Gasteiger partial charge in [-0.3, -0.25) is 10.3 Å². The monoisotopic (exact) mass is 385 g/mol. The van der Waals surface area contributed by atoms with Crippen LogP contribution in [0.4, 0.5) is 5.69 Å². The van der Waals surface area contributed by atoms with E-state index in [1.807, 2.05) is 17.8 Å². The summed E-state index contributed by atoms with van der Waals surface area (Å²) in [5.41, 5.74) is 7.48. The number of aliphatic hydroxyl groups excluding tert-OH is 1. The third-order valence-electron chi connectivity index (χ3n) is 6.03. The summed E-state index contributed by atoms with van der Waals surface area (Å²) in [7, 11) is 0. The Morgan fingerprint density at radius 1 is 1.36 bits per heavy atom. The summed E-state index contributed by atoms with van der Waals surface area (Å²) in [6.07, 6.45) is 6.89. The fraction of sp³-hybridized carbons (Fsp3) is 0.600. The van der Waals surface area contributed by atoms with E-state index in [-0.39, 0.29) is 6.10 Å². The summed E-state index contributed by atoms with van der Waals surface area (Å²) in [5, 5.41) is 19.2. The first-order valence-corrected chi connectivity index (χ1v) is 10.1. The molecule has 2 fully saturated rings. The van der Waals surface area contributed by atoms with Crippen molar-refractivity contribution in [3.8, 4) is 0 Å². The van der Waals surface area contributed by atoms with Crippen LogP contribution in [0.3, 0.4) is 0 Å². The number of pyridine rings is 1. The number of nitrogens with zero attached hydrogens (tertiary/aromatic N) is 3. The highest BCUT2D eigenvalue weighted by Crippen LogP contribution is 2.43. The number of fused-ring (bicyclic) bond motifs is 1. The first-order valence-electron chi connectivity index (χ1n) is 10.1. The van der Waals surface area contributed by atoms with Crippen molar-refractivity contribution in [1.82, 2.24) is 20.2 Å². The Morgan fingerprint density at radius 3 is 2.86 bits per heavy atom. The topological polar surface area (TPSA) is 93.5 Å². The third kappa shape index (κ3) is 2.87. The molecule has 8 nitrogen and oxygen atoms in total. The van der Waals surface area contributed by atoms with Crippen molar-refractivity contribution < 1.29 is 14.7 Å². The molecule has 1 saturated heterocycles. The van der Waals surface area contributed by atoms with Gasteiger partial charge >= 0.3 is 0 Å². The number of nitrogens with one attached hydrogen (secondary N) is 2. The molecule has 150 valence electrons. The molecule has 0 atom stereocenters. The van der Waals surface area contributed by atoms with Crippen molar-refractivity contribution >= 4 is 22.4 Å². The molecular formula is C20H27N5O3. The predicted molar refractivity (Wildman–Crippen MR) is 106 cm³/mol. The molecule has 3 N–H and O–H groups in total. The van der Waals surface area contributed by atoms with Gasteiger partial charge in [0.25, 0.3) is 0 Å². The van der Waals surface area contributed by atoms with Crippen LogP contribution in [0.25, 0.3) is 16.7 Å². The first kappa shape index (κ1) is 17.9. The Bertz CT molecular complexity index is 926. The average molecular weight is 385 g/mol. The van der Waals surface area contributed by atoms with Gasteiger partial charge in [0, 0.05) is 50.4 Å². The molecular weight excluding hydrogens is 358 g/mol. The van der Waals surface area contributed by atoms with Gasteiger partial charge < -0.3 is 15.2 Å². The summed E-state index contributed by atoms with van der Waals surface area (Å²) in [5.74, 6) is 0. The standard InChI is InChI=1S/C20H27N5O3/c1-3-25-19-17(12(2)23-25)18(22-13-4-6-27-7-5-13)15(11-21-19)16-10-20(28-24-16)8-14(26)9-20/h10-11,13-14,24,26H,3-9H2,1-2H3,(H,21,22). The number of aromatic nitrogens is 3. The Kier molecular flexibility index (Phi) is 4.30. The van der Waals surface area contributed by atoms with Crippen LogP contribution < -0.4 is 10.8 Å². The molecule has 2 aliphatic heterocycles. The molecule has 0 bridgehead atoms. The fourth-order valence-electron chi connectivity index (χ4n) is 4.49. The Labute approximate surface area is 163 Å². The molecule has 0 radical (unpaired) electrons. The molecule has 0 aromatic carbocycles. The minimum absolute atomic E-state index is 0.289. The Hall–Kier alpha value is -2.16. The van der Waals surface area contributed by atoms with Gasteiger partial charge in [-0.25, -0.2) is 9.67 Å². The highest BCUT2D eigenvalue weighted by molar-refractivity contribution is 5.97. The zero-order chi connectivity index (χ0) is 19.3. The first-order chi connectivity index (χ1) is 13.6. The normalized spacial score (nSPS) is 27.7. The van der Waals surface area contributed by atoms with Gasteiger partial charge in [0.15, 0.2) is 5.65 Å². The summed E-state index contributed by atoms with van der Waals surface area (Å²) >= 11 is 0. The van der Waals surface area contributed by atoms with E-state index in [1.54, 1.807) is 0 Å². The lowest BCUT2D eigenvalue weighted by molar-refractivity contribution is -0.137. The maximum absolute atomic E-state index is 9.72. The number of aliphatic hydroxyl groups is 1. The lowest BCUT2D eigenvalue weighted by atomic mass is 9.77. The van der Waals surface area contributed by atoms with Crippen LogP contribution in [0.2, 0.25) is 0 Å². The molecule has 1 aliphatic carbocycles. The van der Waals surface area contributed by atoms with E-state index in [2.05, 4.69) is 28.9 Å². The van der Waals surface area contributed by atoms with E-state index in [4.69, 9.17) is 14.6 Å². The highest BCUT2D eigenvalue weighted by atomic mass is 16.7. The molecule has 4 heterocycles. The van der Waals surface area contributed by atoms with Crippen LogP contribution in [-0.2, 0) is 16.1 Å². The Balaban J connectivity index is 1.60. The van der Waals surface area contributed by atoms with Crippen molar-refractivity contribution in [1.29, 1.82) is 0 Å². The molecule has 0 amide bonds. The number of hydrogen-bond acceptors (Lipinski definition) is 7. The van der Waals surface area contributed by atoms with Gasteiger partial charge in [-0.15, -0.1) is 0 Å². The van der Waals surface area contributed by atoms with Crippen molar-refractivity contribution in [3.05, 3.63) is 23.5 Å². The second-order valence-electron chi connectivity index (χ2n) is 8.07. The van der Waals surface area contributed by atoms with E-state index in [9.17, 15) is 5.11 Å². The van der Waals surface area contributed by atoms with Crippen LogP contribution in [0.5, 0.6) is 0 Å². The zero-order valence-electron chi connectivity index (χ0n) is 16.4. The molecule has 2 aromatic heterocycles. The minimum atomic E-state index is -0.400. The van der Waals surface area contributed by atoms with Crippen molar-refractivity contribution in [3.63, 3.8) is 0 Å². The molecule has 8 heteroatoms. The van der Waals surface area contributed by atoms with Crippen molar-refractivity contribution in [2.45, 2.75) is 63.8 Å². The molecule has 5 rings (SSSR count). The van der Waals surface area contributed by atoms with E-state index < -0.39 is 5.60 Å². The van der Waals surface area contributed by atoms with Gasteiger partial charge in [0.05, 0.1) is 28.6 Å². The summed E-state index contributed by atoms with van der Waals surface area (Å²) in [6, 6.07) is 0.352. The maximum Gasteiger partial charge on any atom is 0.160 e. The minimum Gasteiger partial charge on any atom is -0.393 e. The van der Waals surface area contributed by atoms with Crippen LogP contribution in [0, 0.1) is 6.92 Å². The van der Waals surface area contributed by atoms with E-state index in [0.717, 1.165) is 66.3 Å². The zero-order valence-corrected chi connectivity index (χ0v) is 16.4.